The van der Waals surface area contributed by atoms with Crippen molar-refractivity contribution < 1.29 is 4.79 Å². The largest absolute Gasteiger partial charge is 0.364 e. The molecule has 2 aromatic carbocycles. The summed E-state index contributed by atoms with van der Waals surface area (Å²) in [6.45, 7) is 3.97. The van der Waals surface area contributed by atoms with Gasteiger partial charge in [-0.25, -0.2) is 4.98 Å². The molecule has 3 aromatic rings. The van der Waals surface area contributed by atoms with E-state index < -0.39 is 0 Å². The van der Waals surface area contributed by atoms with Gasteiger partial charge in [-0.1, -0.05) is 48.0 Å². The maximum Gasteiger partial charge on any atom is 0.255 e. The normalized spacial score (nSPS) is 11.7. The number of carbonyl (C=O) groups is 1. The second-order valence-electron chi connectivity index (χ2n) is 6.12. The van der Waals surface area contributed by atoms with Crippen molar-refractivity contribution in [3.05, 3.63) is 88.6 Å². The van der Waals surface area contributed by atoms with Crippen molar-refractivity contribution in [3.63, 3.8) is 0 Å². The minimum atomic E-state index is -0.206. The summed E-state index contributed by atoms with van der Waals surface area (Å²) in [7, 11) is 0. The number of hydrogen-bond acceptors (Lipinski definition) is 3. The number of rotatable bonds is 5. The number of aryl methyl sites for hydroxylation is 1. The maximum atomic E-state index is 12.5. The summed E-state index contributed by atoms with van der Waals surface area (Å²) in [5, 5.41) is 6.80. The fourth-order valence-electron chi connectivity index (χ4n) is 2.57. The standard InChI is InChI=1S/C21H20ClN3O/c1-14-8-9-18(13-19(14)22)25-21(26)17-10-11-23-20(12-17)24-15(2)16-6-4-3-5-7-16/h3-13,15H,1-2H3,(H,23,24)(H,25,26). The van der Waals surface area contributed by atoms with Gasteiger partial charge in [0.05, 0.1) is 0 Å². The van der Waals surface area contributed by atoms with Crippen molar-refractivity contribution in [3.8, 4) is 0 Å². The Balaban J connectivity index is 1.72. The summed E-state index contributed by atoms with van der Waals surface area (Å²) >= 11 is 6.11. The Morgan fingerprint density at radius 2 is 1.85 bits per heavy atom. The summed E-state index contributed by atoms with van der Waals surface area (Å²) in [4.78, 5) is 16.8. The van der Waals surface area contributed by atoms with Crippen molar-refractivity contribution in [2.75, 3.05) is 10.6 Å². The molecular formula is C21H20ClN3O. The molecule has 2 N–H and O–H groups in total. The van der Waals surface area contributed by atoms with Crippen LogP contribution in [-0.4, -0.2) is 10.9 Å². The van der Waals surface area contributed by atoms with Crippen LogP contribution in [0.5, 0.6) is 0 Å². The zero-order valence-electron chi connectivity index (χ0n) is 14.7. The first kappa shape index (κ1) is 18.0. The predicted molar refractivity (Wildman–Crippen MR) is 107 cm³/mol. The lowest BCUT2D eigenvalue weighted by Crippen LogP contribution is -2.13. The number of carbonyl (C=O) groups excluding carboxylic acids is 1. The van der Waals surface area contributed by atoms with E-state index in [4.69, 9.17) is 11.6 Å². The molecule has 26 heavy (non-hydrogen) atoms. The van der Waals surface area contributed by atoms with Crippen LogP contribution >= 0.6 is 11.6 Å². The van der Waals surface area contributed by atoms with Crippen molar-refractivity contribution >= 4 is 29.0 Å². The first-order valence-corrected chi connectivity index (χ1v) is 8.76. The highest BCUT2D eigenvalue weighted by Gasteiger charge is 2.10. The van der Waals surface area contributed by atoms with Gasteiger partial charge in [-0.3, -0.25) is 4.79 Å². The Kier molecular flexibility index (Phi) is 5.54. The van der Waals surface area contributed by atoms with E-state index in [0.29, 0.717) is 22.1 Å². The molecular weight excluding hydrogens is 346 g/mol. The summed E-state index contributed by atoms with van der Waals surface area (Å²) < 4.78 is 0. The molecule has 1 aromatic heterocycles. The summed E-state index contributed by atoms with van der Waals surface area (Å²) in [5.74, 6) is 0.443. The molecule has 5 heteroatoms. The molecule has 0 fully saturated rings. The van der Waals surface area contributed by atoms with E-state index in [1.807, 2.05) is 37.3 Å². The van der Waals surface area contributed by atoms with Crippen LogP contribution in [0.25, 0.3) is 0 Å². The fraction of sp³-hybridized carbons (Fsp3) is 0.143. The van der Waals surface area contributed by atoms with E-state index in [1.165, 1.54) is 0 Å². The molecule has 0 aliphatic rings. The smallest absolute Gasteiger partial charge is 0.255 e. The number of pyridine rings is 1. The van der Waals surface area contributed by atoms with Gasteiger partial charge in [0.25, 0.3) is 5.91 Å². The van der Waals surface area contributed by atoms with Gasteiger partial charge < -0.3 is 10.6 Å². The van der Waals surface area contributed by atoms with Gasteiger partial charge in [-0.2, -0.15) is 0 Å². The number of nitrogens with zero attached hydrogens (tertiary/aromatic N) is 1. The second-order valence-corrected chi connectivity index (χ2v) is 6.53. The Morgan fingerprint density at radius 1 is 1.08 bits per heavy atom. The van der Waals surface area contributed by atoms with Gasteiger partial charge in [0.15, 0.2) is 0 Å². The minimum absolute atomic E-state index is 0.0814. The molecule has 0 saturated heterocycles. The van der Waals surface area contributed by atoms with E-state index in [-0.39, 0.29) is 11.9 Å². The van der Waals surface area contributed by atoms with E-state index in [2.05, 4.69) is 34.7 Å². The van der Waals surface area contributed by atoms with Crippen LogP contribution < -0.4 is 10.6 Å². The minimum Gasteiger partial charge on any atom is -0.364 e. The second kappa shape index (κ2) is 8.02. The van der Waals surface area contributed by atoms with Gasteiger partial charge in [0.1, 0.15) is 5.82 Å². The Morgan fingerprint density at radius 3 is 2.58 bits per heavy atom. The van der Waals surface area contributed by atoms with Gasteiger partial charge in [0.2, 0.25) is 0 Å². The number of benzene rings is 2. The van der Waals surface area contributed by atoms with E-state index >= 15 is 0 Å². The molecule has 0 aliphatic heterocycles. The molecule has 0 saturated carbocycles. The number of hydrogen-bond donors (Lipinski definition) is 2. The fourth-order valence-corrected chi connectivity index (χ4v) is 2.75. The third kappa shape index (κ3) is 4.41. The van der Waals surface area contributed by atoms with Crippen LogP contribution in [0, 0.1) is 6.92 Å². The SMILES string of the molecule is Cc1ccc(NC(=O)c2ccnc(NC(C)c3ccccc3)c2)cc1Cl. The highest BCUT2D eigenvalue weighted by molar-refractivity contribution is 6.31. The van der Waals surface area contributed by atoms with E-state index in [0.717, 1.165) is 11.1 Å². The Bertz CT molecular complexity index is 912. The van der Waals surface area contributed by atoms with Gasteiger partial charge in [-0.05, 0) is 49.2 Å². The molecule has 0 bridgehead atoms. The average Bonchev–Trinajstić information content (AvgIpc) is 2.65. The molecule has 0 spiro atoms. The quantitative estimate of drug-likeness (QED) is 0.630. The molecule has 3 rings (SSSR count). The van der Waals surface area contributed by atoms with Crippen LogP contribution in [0.1, 0.15) is 34.5 Å². The monoisotopic (exact) mass is 365 g/mol. The molecule has 0 radical (unpaired) electrons. The molecule has 1 atom stereocenters. The van der Waals surface area contributed by atoms with Crippen LogP contribution in [0.15, 0.2) is 66.9 Å². The van der Waals surface area contributed by atoms with Crippen LogP contribution in [0.4, 0.5) is 11.5 Å². The van der Waals surface area contributed by atoms with Crippen molar-refractivity contribution in [2.24, 2.45) is 0 Å². The van der Waals surface area contributed by atoms with Crippen molar-refractivity contribution in [1.82, 2.24) is 4.98 Å². The molecule has 1 amide bonds. The third-order valence-electron chi connectivity index (χ3n) is 4.12. The van der Waals surface area contributed by atoms with Crippen LogP contribution in [-0.2, 0) is 0 Å². The van der Waals surface area contributed by atoms with Gasteiger partial charge in [0, 0.05) is 28.5 Å². The third-order valence-corrected chi connectivity index (χ3v) is 4.52. The average molecular weight is 366 g/mol. The van der Waals surface area contributed by atoms with Crippen molar-refractivity contribution in [2.45, 2.75) is 19.9 Å². The summed E-state index contributed by atoms with van der Waals surface area (Å²) in [6.07, 6.45) is 1.62. The molecule has 1 heterocycles. The lowest BCUT2D eigenvalue weighted by molar-refractivity contribution is 0.102. The molecule has 1 unspecified atom stereocenters. The van der Waals surface area contributed by atoms with Crippen LogP contribution in [0.2, 0.25) is 5.02 Å². The first-order valence-electron chi connectivity index (χ1n) is 8.38. The first-order chi connectivity index (χ1) is 12.5. The summed E-state index contributed by atoms with van der Waals surface area (Å²) in [6, 6.07) is 19.0. The number of halogens is 1. The Hall–Kier alpha value is -2.85. The van der Waals surface area contributed by atoms with E-state index in [1.54, 1.807) is 24.4 Å². The number of amides is 1. The number of aromatic nitrogens is 1. The lowest BCUT2D eigenvalue weighted by atomic mass is 10.1. The maximum absolute atomic E-state index is 12.5. The highest BCUT2D eigenvalue weighted by atomic mass is 35.5. The number of anilines is 2. The molecule has 132 valence electrons. The van der Waals surface area contributed by atoms with Crippen LogP contribution in [0.3, 0.4) is 0 Å². The zero-order chi connectivity index (χ0) is 18.5. The van der Waals surface area contributed by atoms with Gasteiger partial charge in [-0.15, -0.1) is 0 Å². The molecule has 4 nitrogen and oxygen atoms in total. The van der Waals surface area contributed by atoms with Crippen molar-refractivity contribution in [1.29, 1.82) is 0 Å². The summed E-state index contributed by atoms with van der Waals surface area (Å²) in [5.41, 5.74) is 3.31. The zero-order valence-corrected chi connectivity index (χ0v) is 15.4. The lowest BCUT2D eigenvalue weighted by Gasteiger charge is -2.15. The predicted octanol–water partition coefficient (Wildman–Crippen LogP) is 5.47. The topological polar surface area (TPSA) is 54.0 Å². The number of nitrogens with one attached hydrogen (secondary N) is 2. The Labute approximate surface area is 158 Å². The molecule has 0 aliphatic carbocycles. The van der Waals surface area contributed by atoms with E-state index in [9.17, 15) is 4.79 Å². The van der Waals surface area contributed by atoms with Gasteiger partial charge >= 0.3 is 0 Å². The highest BCUT2D eigenvalue weighted by Crippen LogP contribution is 2.21.